The van der Waals surface area contributed by atoms with Gasteiger partial charge in [0.05, 0.1) is 0 Å². The Balaban J connectivity index is 0.00000120. The van der Waals surface area contributed by atoms with Gasteiger partial charge in [-0.15, -0.1) is 0 Å². The molecule has 0 amide bonds. The van der Waals surface area contributed by atoms with E-state index in [-0.39, 0.29) is 10.8 Å². The van der Waals surface area contributed by atoms with Crippen molar-refractivity contribution >= 4 is 0 Å². The van der Waals surface area contributed by atoms with Gasteiger partial charge >= 0.3 is 0 Å². The van der Waals surface area contributed by atoms with E-state index >= 15 is 0 Å². The molecule has 0 atom stereocenters. The molecule has 0 nitrogen and oxygen atoms in total. The smallest absolute Gasteiger partial charge is 0.0499 e. The highest BCUT2D eigenvalue weighted by Gasteiger charge is 2.46. The van der Waals surface area contributed by atoms with Crippen molar-refractivity contribution in [3.63, 3.8) is 0 Å². The van der Waals surface area contributed by atoms with Gasteiger partial charge in [-0.1, -0.05) is 153 Å². The van der Waals surface area contributed by atoms with E-state index in [1.54, 1.807) is 0 Å². The molecule has 0 heteroatoms. The van der Waals surface area contributed by atoms with E-state index in [0.717, 1.165) is 0 Å². The molecule has 0 unspecified atom stereocenters. The zero-order valence-corrected chi connectivity index (χ0v) is 20.2. The summed E-state index contributed by atoms with van der Waals surface area (Å²) in [5.74, 6) is 0. The fourth-order valence-corrected chi connectivity index (χ4v) is 3.86. The standard InChI is InChI=1S/C23H24.3C2H6/c1-22(2,3)23(19-13-7-4-8-14-19,20-15-9-5-10-16-20)21-17-11-6-12-18-21;3*1-2/h4-18H,1-3H3;3*1-2H3. The van der Waals surface area contributed by atoms with E-state index in [2.05, 4.69) is 112 Å². The maximum Gasteiger partial charge on any atom is 0.0499 e. The van der Waals surface area contributed by atoms with Gasteiger partial charge < -0.3 is 0 Å². The predicted molar refractivity (Wildman–Crippen MR) is 133 cm³/mol. The highest BCUT2D eigenvalue weighted by Crippen LogP contribution is 2.51. The van der Waals surface area contributed by atoms with Gasteiger partial charge in [-0.3, -0.25) is 0 Å². The van der Waals surface area contributed by atoms with Crippen molar-refractivity contribution < 1.29 is 0 Å². The Bertz CT molecular complexity index is 638. The summed E-state index contributed by atoms with van der Waals surface area (Å²) in [5, 5.41) is 0. The van der Waals surface area contributed by atoms with Crippen molar-refractivity contribution in [2.24, 2.45) is 5.41 Å². The summed E-state index contributed by atoms with van der Waals surface area (Å²) < 4.78 is 0. The maximum atomic E-state index is 2.33. The minimum atomic E-state index is -0.184. The van der Waals surface area contributed by atoms with Gasteiger partial charge in [0.1, 0.15) is 0 Å². The molecule has 0 aliphatic rings. The van der Waals surface area contributed by atoms with Crippen LogP contribution in [0.4, 0.5) is 0 Å². The van der Waals surface area contributed by atoms with Crippen LogP contribution in [-0.4, -0.2) is 0 Å². The lowest BCUT2D eigenvalue weighted by atomic mass is 9.56. The molecule has 0 aliphatic heterocycles. The van der Waals surface area contributed by atoms with Crippen LogP contribution >= 0.6 is 0 Å². The fraction of sp³-hybridized carbons (Fsp3) is 0.379. The summed E-state index contributed by atoms with van der Waals surface area (Å²) in [6.07, 6.45) is 0. The molecule has 0 bridgehead atoms. The van der Waals surface area contributed by atoms with Crippen LogP contribution in [0, 0.1) is 5.41 Å². The highest BCUT2D eigenvalue weighted by molar-refractivity contribution is 5.52. The molecule has 0 aliphatic carbocycles. The lowest BCUT2D eigenvalue weighted by molar-refractivity contribution is 0.272. The van der Waals surface area contributed by atoms with Crippen LogP contribution in [0.1, 0.15) is 79.0 Å². The first kappa shape index (κ1) is 26.7. The molecule has 0 radical (unpaired) electrons. The van der Waals surface area contributed by atoms with E-state index < -0.39 is 0 Å². The second kappa shape index (κ2) is 13.8. The quantitative estimate of drug-likeness (QED) is 0.391. The number of benzene rings is 3. The third kappa shape index (κ3) is 6.07. The van der Waals surface area contributed by atoms with Crippen molar-refractivity contribution in [3.05, 3.63) is 108 Å². The number of rotatable bonds is 3. The summed E-state index contributed by atoms with van der Waals surface area (Å²) >= 11 is 0. The second-order valence-corrected chi connectivity index (χ2v) is 7.10. The average Bonchev–Trinajstić information content (AvgIpc) is 2.80. The summed E-state index contributed by atoms with van der Waals surface area (Å²) in [7, 11) is 0. The SMILES string of the molecule is CC.CC.CC.CC(C)(C)C(c1ccccc1)(c1ccccc1)c1ccccc1. The van der Waals surface area contributed by atoms with Crippen LogP contribution in [-0.2, 0) is 5.41 Å². The summed E-state index contributed by atoms with van der Waals surface area (Å²) in [6, 6.07) is 32.6. The Morgan fingerprint density at radius 3 is 0.759 bits per heavy atom. The van der Waals surface area contributed by atoms with Crippen molar-refractivity contribution in [2.75, 3.05) is 0 Å². The van der Waals surface area contributed by atoms with Crippen molar-refractivity contribution in [1.29, 1.82) is 0 Å². The Morgan fingerprint density at radius 1 is 0.379 bits per heavy atom. The lowest BCUT2D eigenvalue weighted by Crippen LogP contribution is -2.42. The molecule has 3 aromatic rings. The third-order valence-electron chi connectivity index (χ3n) is 4.75. The van der Waals surface area contributed by atoms with Crippen molar-refractivity contribution in [1.82, 2.24) is 0 Å². The van der Waals surface area contributed by atoms with E-state index in [9.17, 15) is 0 Å². The third-order valence-corrected chi connectivity index (χ3v) is 4.75. The van der Waals surface area contributed by atoms with Crippen LogP contribution in [0.25, 0.3) is 0 Å². The molecule has 0 N–H and O–H groups in total. The fourth-order valence-electron chi connectivity index (χ4n) is 3.86. The normalized spacial score (nSPS) is 10.2. The van der Waals surface area contributed by atoms with Crippen LogP contribution < -0.4 is 0 Å². The minimum absolute atomic E-state index is 0.0249. The van der Waals surface area contributed by atoms with Gasteiger partial charge in [-0.2, -0.15) is 0 Å². The molecule has 0 aromatic heterocycles. The van der Waals surface area contributed by atoms with E-state index in [0.29, 0.717) is 0 Å². The van der Waals surface area contributed by atoms with Gasteiger partial charge in [-0.25, -0.2) is 0 Å². The Hall–Kier alpha value is -2.34. The predicted octanol–water partition coefficient (Wildman–Crippen LogP) is 9.15. The maximum absolute atomic E-state index is 2.33. The Labute approximate surface area is 181 Å². The average molecular weight is 391 g/mol. The molecular weight excluding hydrogens is 348 g/mol. The molecule has 29 heavy (non-hydrogen) atoms. The van der Waals surface area contributed by atoms with Crippen molar-refractivity contribution in [2.45, 2.75) is 67.7 Å². The van der Waals surface area contributed by atoms with Gasteiger partial charge in [-0.05, 0) is 22.1 Å². The summed E-state index contributed by atoms with van der Waals surface area (Å²) in [5.41, 5.74) is 3.85. The molecule has 0 saturated carbocycles. The zero-order chi connectivity index (χ0) is 22.3. The number of hydrogen-bond acceptors (Lipinski definition) is 0. The molecule has 0 spiro atoms. The van der Waals surface area contributed by atoms with Crippen LogP contribution in [0.2, 0.25) is 0 Å². The molecule has 3 aromatic carbocycles. The number of hydrogen-bond donors (Lipinski definition) is 0. The topological polar surface area (TPSA) is 0 Å². The van der Waals surface area contributed by atoms with E-state index in [4.69, 9.17) is 0 Å². The van der Waals surface area contributed by atoms with E-state index in [1.807, 2.05) is 41.5 Å². The summed E-state index contributed by atoms with van der Waals surface area (Å²) in [6.45, 7) is 19.0. The largest absolute Gasteiger partial charge is 0.0683 e. The molecule has 0 heterocycles. The lowest BCUT2D eigenvalue weighted by Gasteiger charge is -2.46. The Kier molecular flexibility index (Phi) is 12.7. The second-order valence-electron chi connectivity index (χ2n) is 7.10. The van der Waals surface area contributed by atoms with Gasteiger partial charge in [0.2, 0.25) is 0 Å². The van der Waals surface area contributed by atoms with Crippen LogP contribution in [0.15, 0.2) is 91.0 Å². The van der Waals surface area contributed by atoms with Crippen molar-refractivity contribution in [3.8, 4) is 0 Å². The monoisotopic (exact) mass is 390 g/mol. The zero-order valence-electron chi connectivity index (χ0n) is 20.2. The molecule has 158 valence electrons. The first-order valence-corrected chi connectivity index (χ1v) is 11.2. The van der Waals surface area contributed by atoms with Crippen LogP contribution in [0.5, 0.6) is 0 Å². The highest BCUT2D eigenvalue weighted by atomic mass is 14.5. The van der Waals surface area contributed by atoms with Gasteiger partial charge in [0.25, 0.3) is 0 Å². The molecule has 0 saturated heterocycles. The molecular formula is C29H42. The first-order valence-electron chi connectivity index (χ1n) is 11.2. The van der Waals surface area contributed by atoms with Crippen LogP contribution in [0.3, 0.4) is 0 Å². The summed E-state index contributed by atoms with van der Waals surface area (Å²) in [4.78, 5) is 0. The molecule has 0 fully saturated rings. The molecule has 3 rings (SSSR count). The van der Waals surface area contributed by atoms with Gasteiger partial charge in [0.15, 0.2) is 0 Å². The van der Waals surface area contributed by atoms with Gasteiger partial charge in [0, 0.05) is 5.41 Å². The van der Waals surface area contributed by atoms with E-state index in [1.165, 1.54) is 16.7 Å². The first-order chi connectivity index (χ1) is 14.1. The minimum Gasteiger partial charge on any atom is -0.0683 e. The Morgan fingerprint density at radius 2 is 0.586 bits per heavy atom.